The van der Waals surface area contributed by atoms with E-state index in [9.17, 15) is 4.79 Å². The van der Waals surface area contributed by atoms with Crippen LogP contribution in [0.15, 0.2) is 79.6 Å². The molecule has 152 valence electrons. The van der Waals surface area contributed by atoms with Crippen molar-refractivity contribution < 1.29 is 4.79 Å². The predicted molar refractivity (Wildman–Crippen MR) is 120 cm³/mol. The van der Waals surface area contributed by atoms with Crippen LogP contribution in [0.2, 0.25) is 0 Å². The lowest BCUT2D eigenvalue weighted by Crippen LogP contribution is -2.58. The molecule has 30 heavy (non-hydrogen) atoms. The Balaban J connectivity index is 1.96. The number of pyridine rings is 2. The average molecular weight is 399 g/mol. The number of nitrogens with one attached hydrogen (secondary N) is 1. The molecule has 0 saturated carbocycles. The second-order valence-corrected chi connectivity index (χ2v) is 8.53. The summed E-state index contributed by atoms with van der Waals surface area (Å²) in [6.07, 6.45) is 3.49. The third-order valence-corrected chi connectivity index (χ3v) is 5.26. The molecule has 0 bridgehead atoms. The van der Waals surface area contributed by atoms with Crippen molar-refractivity contribution in [1.29, 1.82) is 0 Å². The molecule has 0 saturated heterocycles. The number of carbonyl (C=O) groups excluding carboxylic acids is 1. The monoisotopic (exact) mass is 398 g/mol. The van der Waals surface area contributed by atoms with Crippen molar-refractivity contribution in [2.24, 2.45) is 0 Å². The molecule has 1 amide bonds. The minimum absolute atomic E-state index is 0.147. The van der Waals surface area contributed by atoms with E-state index in [-0.39, 0.29) is 5.91 Å². The summed E-state index contributed by atoms with van der Waals surface area (Å²) in [5, 5.41) is 3.18. The van der Waals surface area contributed by atoms with Crippen molar-refractivity contribution in [2.45, 2.75) is 38.4 Å². The molecule has 5 nitrogen and oxygen atoms in total. The highest BCUT2D eigenvalue weighted by Crippen LogP contribution is 2.52. The summed E-state index contributed by atoms with van der Waals surface area (Å²) in [6, 6.07) is 19.5. The Hall–Kier alpha value is -3.47. The van der Waals surface area contributed by atoms with Gasteiger partial charge in [-0.15, -0.1) is 0 Å². The second-order valence-electron chi connectivity index (χ2n) is 8.53. The molecule has 0 radical (unpaired) electrons. The van der Waals surface area contributed by atoms with Crippen molar-refractivity contribution in [3.63, 3.8) is 0 Å². The normalized spacial score (nSPS) is 18.2. The van der Waals surface area contributed by atoms with Gasteiger partial charge in [0.1, 0.15) is 0 Å². The van der Waals surface area contributed by atoms with Gasteiger partial charge in [0.25, 0.3) is 5.91 Å². The summed E-state index contributed by atoms with van der Waals surface area (Å²) in [4.78, 5) is 25.2. The molecule has 1 aliphatic rings. The molecule has 5 heteroatoms. The van der Waals surface area contributed by atoms with E-state index in [1.807, 2.05) is 81.4 Å². The van der Waals surface area contributed by atoms with Gasteiger partial charge in [0.2, 0.25) is 0 Å². The Morgan fingerprint density at radius 2 is 1.67 bits per heavy atom. The Bertz CT molecular complexity index is 1070. The number of nitrogens with zero attached hydrogens (tertiary/aromatic N) is 3. The van der Waals surface area contributed by atoms with Gasteiger partial charge in [0.05, 0.1) is 17.9 Å². The molecule has 1 atom stereocenters. The molecule has 1 N–H and O–H groups in total. The standard InChI is InChI=1S/C25H26N4O/c1-18-20-12-5-6-13-21(20)29(17-19-11-7-9-15-26-19)25(18,22-14-8-10-16-27-22)23(30)28-24(2,3)4/h5-16H,1,17H2,2-4H3,(H,28,30). The fourth-order valence-electron chi connectivity index (χ4n) is 4.04. The van der Waals surface area contributed by atoms with E-state index in [1.54, 1.807) is 12.4 Å². The molecule has 1 aromatic carbocycles. The van der Waals surface area contributed by atoms with Crippen LogP contribution >= 0.6 is 0 Å². The number of para-hydroxylation sites is 1. The molecule has 0 spiro atoms. The Labute approximate surface area is 177 Å². The molecular weight excluding hydrogens is 372 g/mol. The SMILES string of the molecule is C=C1c2ccccc2N(Cc2ccccn2)C1(C(=O)NC(C)(C)C)c1ccccn1. The summed E-state index contributed by atoms with van der Waals surface area (Å²) in [5.41, 5.74) is 2.54. The summed E-state index contributed by atoms with van der Waals surface area (Å²) < 4.78 is 0. The lowest BCUT2D eigenvalue weighted by molar-refractivity contribution is -0.126. The molecule has 1 aliphatic heterocycles. The maximum Gasteiger partial charge on any atom is 0.257 e. The number of fused-ring (bicyclic) bond motifs is 1. The van der Waals surface area contributed by atoms with E-state index in [4.69, 9.17) is 0 Å². The lowest BCUT2D eigenvalue weighted by atomic mass is 9.83. The van der Waals surface area contributed by atoms with Crippen molar-refractivity contribution in [3.8, 4) is 0 Å². The first-order chi connectivity index (χ1) is 14.3. The molecule has 0 aliphatic carbocycles. The van der Waals surface area contributed by atoms with E-state index in [0.717, 1.165) is 22.5 Å². The third-order valence-electron chi connectivity index (χ3n) is 5.26. The molecule has 0 fully saturated rings. The predicted octanol–water partition coefficient (Wildman–Crippen LogP) is 4.32. The highest BCUT2D eigenvalue weighted by atomic mass is 16.2. The molecule has 2 aromatic heterocycles. The quantitative estimate of drug-likeness (QED) is 0.711. The fraction of sp³-hybridized carbons (Fsp3) is 0.240. The fourth-order valence-corrected chi connectivity index (χ4v) is 4.04. The smallest absolute Gasteiger partial charge is 0.257 e. The first-order valence-electron chi connectivity index (χ1n) is 10.0. The molecule has 4 rings (SSSR count). The average Bonchev–Trinajstić information content (AvgIpc) is 2.98. The van der Waals surface area contributed by atoms with Crippen molar-refractivity contribution in [1.82, 2.24) is 15.3 Å². The first kappa shape index (κ1) is 19.8. The van der Waals surface area contributed by atoms with E-state index >= 15 is 0 Å². The minimum Gasteiger partial charge on any atom is -0.349 e. The zero-order valence-electron chi connectivity index (χ0n) is 17.6. The molecular formula is C25H26N4O. The summed E-state index contributed by atoms with van der Waals surface area (Å²) in [6.45, 7) is 10.8. The molecule has 3 heterocycles. The van der Waals surface area contributed by atoms with Gasteiger partial charge in [-0.3, -0.25) is 14.8 Å². The van der Waals surface area contributed by atoms with Crippen LogP contribution in [0.25, 0.3) is 5.57 Å². The van der Waals surface area contributed by atoms with Crippen LogP contribution in [-0.2, 0) is 16.9 Å². The number of hydrogen-bond acceptors (Lipinski definition) is 4. The second kappa shape index (κ2) is 7.41. The van der Waals surface area contributed by atoms with Gasteiger partial charge >= 0.3 is 0 Å². The zero-order chi connectivity index (χ0) is 21.4. The number of amides is 1. The number of anilines is 1. The Kier molecular flexibility index (Phi) is 4.90. The van der Waals surface area contributed by atoms with Crippen LogP contribution < -0.4 is 10.2 Å². The van der Waals surface area contributed by atoms with E-state index < -0.39 is 11.1 Å². The highest BCUT2D eigenvalue weighted by molar-refractivity contribution is 6.09. The van der Waals surface area contributed by atoms with Gasteiger partial charge in [-0.05, 0) is 56.7 Å². The first-order valence-corrected chi connectivity index (χ1v) is 10.0. The van der Waals surface area contributed by atoms with E-state index in [2.05, 4.69) is 26.8 Å². The van der Waals surface area contributed by atoms with Crippen LogP contribution in [0, 0.1) is 0 Å². The number of hydrogen-bond donors (Lipinski definition) is 1. The van der Waals surface area contributed by atoms with Crippen molar-refractivity contribution in [2.75, 3.05) is 4.90 Å². The number of carbonyl (C=O) groups is 1. The summed E-state index contributed by atoms with van der Waals surface area (Å²) >= 11 is 0. The zero-order valence-corrected chi connectivity index (χ0v) is 17.6. The lowest BCUT2D eigenvalue weighted by Gasteiger charge is -2.40. The van der Waals surface area contributed by atoms with Crippen LogP contribution in [0.3, 0.4) is 0 Å². The van der Waals surface area contributed by atoms with Crippen LogP contribution in [0.4, 0.5) is 5.69 Å². The number of benzene rings is 1. The van der Waals surface area contributed by atoms with Gasteiger partial charge in [-0.2, -0.15) is 0 Å². The van der Waals surface area contributed by atoms with Gasteiger partial charge in [-0.1, -0.05) is 36.9 Å². The maximum absolute atomic E-state index is 14.0. The molecule has 3 aromatic rings. The van der Waals surface area contributed by atoms with Crippen LogP contribution in [0.1, 0.15) is 37.7 Å². The summed E-state index contributed by atoms with van der Waals surface area (Å²) in [7, 11) is 0. The van der Waals surface area contributed by atoms with Gasteiger partial charge in [-0.25, -0.2) is 0 Å². The van der Waals surface area contributed by atoms with Crippen LogP contribution in [-0.4, -0.2) is 21.4 Å². The molecule has 1 unspecified atom stereocenters. The third kappa shape index (κ3) is 3.26. The van der Waals surface area contributed by atoms with Crippen molar-refractivity contribution >= 4 is 17.2 Å². The Morgan fingerprint density at radius 3 is 2.30 bits per heavy atom. The number of rotatable bonds is 4. The van der Waals surface area contributed by atoms with Crippen LogP contribution in [0.5, 0.6) is 0 Å². The van der Waals surface area contributed by atoms with Gasteiger partial charge < -0.3 is 10.2 Å². The van der Waals surface area contributed by atoms with Crippen molar-refractivity contribution in [3.05, 3.63) is 96.6 Å². The van der Waals surface area contributed by atoms with Gasteiger partial charge in [0.15, 0.2) is 5.54 Å². The largest absolute Gasteiger partial charge is 0.349 e. The number of aromatic nitrogens is 2. The highest BCUT2D eigenvalue weighted by Gasteiger charge is 2.55. The topological polar surface area (TPSA) is 58.1 Å². The van der Waals surface area contributed by atoms with E-state index in [0.29, 0.717) is 12.2 Å². The van der Waals surface area contributed by atoms with E-state index in [1.165, 1.54) is 0 Å². The summed E-state index contributed by atoms with van der Waals surface area (Å²) in [5.74, 6) is -0.147. The van der Waals surface area contributed by atoms with Gasteiger partial charge in [0, 0.05) is 29.2 Å². The minimum atomic E-state index is -1.17. The Morgan fingerprint density at radius 1 is 1.00 bits per heavy atom. The maximum atomic E-state index is 14.0.